The first-order valence-electron chi connectivity index (χ1n) is 5.28. The van der Waals surface area contributed by atoms with Gasteiger partial charge in [0.25, 0.3) is 5.95 Å². The Kier molecular flexibility index (Phi) is 2.99. The molecule has 0 fully saturated rings. The lowest BCUT2D eigenvalue weighted by Gasteiger charge is -2.13. The van der Waals surface area contributed by atoms with Crippen LogP contribution in [0.15, 0.2) is 30.3 Å². The van der Waals surface area contributed by atoms with Crippen LogP contribution in [0.1, 0.15) is 35.9 Å². The van der Waals surface area contributed by atoms with Crippen molar-refractivity contribution in [2.24, 2.45) is 0 Å². The van der Waals surface area contributed by atoms with E-state index >= 15 is 0 Å². The highest BCUT2D eigenvalue weighted by Gasteiger charge is 2.21. The van der Waals surface area contributed by atoms with Crippen LogP contribution in [0.4, 0.5) is 4.39 Å². The van der Waals surface area contributed by atoms with E-state index in [0.29, 0.717) is 0 Å². The monoisotopic (exact) mass is 233 g/mol. The Labute approximate surface area is 98.1 Å². The third-order valence-corrected chi connectivity index (χ3v) is 2.64. The summed E-state index contributed by atoms with van der Waals surface area (Å²) in [7, 11) is 0. The average Bonchev–Trinajstić information content (AvgIpc) is 2.71. The Balaban J connectivity index is 2.45. The molecule has 0 unspecified atom stereocenters. The van der Waals surface area contributed by atoms with Gasteiger partial charge < -0.3 is 0 Å². The van der Waals surface area contributed by atoms with E-state index in [0.717, 1.165) is 5.56 Å². The van der Waals surface area contributed by atoms with Crippen molar-refractivity contribution < 1.29 is 9.18 Å². The third-order valence-electron chi connectivity index (χ3n) is 2.64. The highest BCUT2D eigenvalue weighted by Crippen LogP contribution is 2.19. The second kappa shape index (κ2) is 4.45. The van der Waals surface area contributed by atoms with Gasteiger partial charge in [0, 0.05) is 6.92 Å². The van der Waals surface area contributed by atoms with E-state index < -0.39 is 5.95 Å². The quantitative estimate of drug-likeness (QED) is 0.764. The molecule has 0 aliphatic carbocycles. The maximum absolute atomic E-state index is 13.3. The number of ketones is 1. The van der Waals surface area contributed by atoms with Gasteiger partial charge in [0.2, 0.25) is 0 Å². The largest absolute Gasteiger partial charge is 0.293 e. The molecule has 88 valence electrons. The molecule has 1 aromatic heterocycles. The SMILES string of the molecule is CC(=O)c1c(F)nnn1[C@H](C)c1ccccc1. The van der Waals surface area contributed by atoms with Gasteiger partial charge in [-0.25, -0.2) is 4.68 Å². The number of Topliss-reactive ketones (excluding diaryl/α,β-unsaturated/α-hetero) is 1. The van der Waals surface area contributed by atoms with Crippen LogP contribution >= 0.6 is 0 Å². The Morgan fingerprint density at radius 2 is 2.00 bits per heavy atom. The zero-order valence-electron chi connectivity index (χ0n) is 9.59. The summed E-state index contributed by atoms with van der Waals surface area (Å²) in [5.41, 5.74) is 0.862. The topological polar surface area (TPSA) is 47.8 Å². The highest BCUT2D eigenvalue weighted by molar-refractivity contribution is 5.92. The molecule has 1 heterocycles. The summed E-state index contributed by atoms with van der Waals surface area (Å²) in [5.74, 6) is -1.20. The van der Waals surface area contributed by atoms with Crippen LogP contribution in [0, 0.1) is 5.95 Å². The fourth-order valence-corrected chi connectivity index (χ4v) is 1.72. The van der Waals surface area contributed by atoms with E-state index in [1.54, 1.807) is 0 Å². The first-order valence-corrected chi connectivity index (χ1v) is 5.28. The minimum Gasteiger partial charge on any atom is -0.293 e. The van der Waals surface area contributed by atoms with Gasteiger partial charge in [-0.3, -0.25) is 4.79 Å². The fourth-order valence-electron chi connectivity index (χ4n) is 1.72. The lowest BCUT2D eigenvalue weighted by Crippen LogP contribution is -2.15. The maximum Gasteiger partial charge on any atom is 0.263 e. The van der Waals surface area contributed by atoms with Crippen molar-refractivity contribution in [3.05, 3.63) is 47.5 Å². The molecule has 0 aliphatic heterocycles. The molecule has 0 amide bonds. The predicted octanol–water partition coefficient (Wildman–Crippen LogP) is 2.23. The van der Waals surface area contributed by atoms with Crippen LogP contribution in [0.3, 0.4) is 0 Å². The second-order valence-corrected chi connectivity index (χ2v) is 3.82. The first-order chi connectivity index (χ1) is 8.11. The van der Waals surface area contributed by atoms with Crippen LogP contribution in [-0.2, 0) is 0 Å². The van der Waals surface area contributed by atoms with Crippen molar-refractivity contribution in [2.45, 2.75) is 19.9 Å². The minimum absolute atomic E-state index is 0.0821. The van der Waals surface area contributed by atoms with E-state index in [2.05, 4.69) is 10.3 Å². The van der Waals surface area contributed by atoms with Crippen LogP contribution in [0.25, 0.3) is 0 Å². The summed E-state index contributed by atoms with van der Waals surface area (Å²) < 4.78 is 14.6. The van der Waals surface area contributed by atoms with Crippen molar-refractivity contribution >= 4 is 5.78 Å². The molecule has 2 aromatic rings. The summed E-state index contributed by atoms with van der Waals surface area (Å²) in [5, 5.41) is 6.99. The molecule has 0 saturated heterocycles. The standard InChI is InChI=1S/C12H12FN3O/c1-8(10-6-4-3-5-7-10)16-11(9(2)17)12(13)14-15-16/h3-8H,1-2H3/t8-/m1/s1. The van der Waals surface area contributed by atoms with Gasteiger partial charge in [0.15, 0.2) is 11.5 Å². The predicted molar refractivity (Wildman–Crippen MR) is 60.2 cm³/mol. The zero-order chi connectivity index (χ0) is 12.4. The van der Waals surface area contributed by atoms with Crippen molar-refractivity contribution in [3.8, 4) is 0 Å². The number of halogens is 1. The van der Waals surface area contributed by atoms with Crippen LogP contribution < -0.4 is 0 Å². The minimum atomic E-state index is -0.819. The average molecular weight is 233 g/mol. The van der Waals surface area contributed by atoms with Gasteiger partial charge in [0.1, 0.15) is 0 Å². The van der Waals surface area contributed by atoms with Crippen LogP contribution in [0.2, 0.25) is 0 Å². The van der Waals surface area contributed by atoms with Gasteiger partial charge in [-0.05, 0) is 12.5 Å². The van der Waals surface area contributed by atoms with E-state index in [-0.39, 0.29) is 17.5 Å². The zero-order valence-corrected chi connectivity index (χ0v) is 9.59. The summed E-state index contributed by atoms with van der Waals surface area (Å²) in [6, 6.07) is 9.22. The highest BCUT2D eigenvalue weighted by atomic mass is 19.1. The number of benzene rings is 1. The molecule has 0 aliphatic rings. The molecule has 5 heteroatoms. The van der Waals surface area contributed by atoms with E-state index in [1.807, 2.05) is 37.3 Å². The van der Waals surface area contributed by atoms with Crippen molar-refractivity contribution in [1.82, 2.24) is 15.0 Å². The van der Waals surface area contributed by atoms with E-state index in [1.165, 1.54) is 11.6 Å². The molecule has 0 bridgehead atoms. The molecule has 0 spiro atoms. The Morgan fingerprint density at radius 3 is 2.59 bits per heavy atom. The van der Waals surface area contributed by atoms with E-state index in [4.69, 9.17) is 0 Å². The van der Waals surface area contributed by atoms with Crippen molar-refractivity contribution in [1.29, 1.82) is 0 Å². The second-order valence-electron chi connectivity index (χ2n) is 3.82. The van der Waals surface area contributed by atoms with Gasteiger partial charge in [-0.1, -0.05) is 40.6 Å². The molecule has 0 radical (unpaired) electrons. The summed E-state index contributed by atoms with van der Waals surface area (Å²) in [6.45, 7) is 3.14. The van der Waals surface area contributed by atoms with Gasteiger partial charge in [-0.2, -0.15) is 4.39 Å². The summed E-state index contributed by atoms with van der Waals surface area (Å²) in [6.07, 6.45) is 0. The first kappa shape index (κ1) is 11.4. The molecule has 1 atom stereocenters. The summed E-state index contributed by atoms with van der Waals surface area (Å²) in [4.78, 5) is 11.3. The number of hydrogen-bond acceptors (Lipinski definition) is 3. The lowest BCUT2D eigenvalue weighted by molar-refractivity contribution is 0.0998. The van der Waals surface area contributed by atoms with Gasteiger partial charge in [0.05, 0.1) is 6.04 Å². The number of carbonyl (C=O) groups is 1. The number of carbonyl (C=O) groups excluding carboxylic acids is 1. The van der Waals surface area contributed by atoms with Crippen LogP contribution in [0.5, 0.6) is 0 Å². The normalized spacial score (nSPS) is 12.4. The lowest BCUT2D eigenvalue weighted by atomic mass is 10.1. The maximum atomic E-state index is 13.3. The fraction of sp³-hybridized carbons (Fsp3) is 0.250. The third kappa shape index (κ3) is 2.08. The Bertz CT molecular complexity index is 536. The molecule has 4 nitrogen and oxygen atoms in total. The van der Waals surface area contributed by atoms with Crippen LogP contribution in [-0.4, -0.2) is 20.8 Å². The number of aromatic nitrogens is 3. The molecule has 0 N–H and O–H groups in total. The number of nitrogens with zero attached hydrogens (tertiary/aromatic N) is 3. The Morgan fingerprint density at radius 1 is 1.35 bits per heavy atom. The van der Waals surface area contributed by atoms with Crippen molar-refractivity contribution in [3.63, 3.8) is 0 Å². The van der Waals surface area contributed by atoms with E-state index in [9.17, 15) is 9.18 Å². The summed E-state index contributed by atoms with van der Waals surface area (Å²) >= 11 is 0. The van der Waals surface area contributed by atoms with Crippen molar-refractivity contribution in [2.75, 3.05) is 0 Å². The number of rotatable bonds is 3. The molecule has 17 heavy (non-hydrogen) atoms. The molecular formula is C12H12FN3O. The molecule has 2 rings (SSSR count). The van der Waals surface area contributed by atoms with Gasteiger partial charge in [-0.15, -0.1) is 0 Å². The Hall–Kier alpha value is -2.04. The molecule has 1 aromatic carbocycles. The molecular weight excluding hydrogens is 221 g/mol. The smallest absolute Gasteiger partial charge is 0.263 e. The number of hydrogen-bond donors (Lipinski definition) is 0. The van der Waals surface area contributed by atoms with Gasteiger partial charge >= 0.3 is 0 Å². The molecule has 0 saturated carbocycles.